The van der Waals surface area contributed by atoms with Gasteiger partial charge in [-0.05, 0) is 15.9 Å². The number of nitrogens with zero attached hydrogens (tertiary/aromatic N) is 2. The predicted molar refractivity (Wildman–Crippen MR) is 43.0 cm³/mol. The molecule has 1 heterocycles. The fourth-order valence-electron chi connectivity index (χ4n) is 0.580. The highest BCUT2D eigenvalue weighted by atomic mass is 79.9. The second kappa shape index (κ2) is 2.83. The quantitative estimate of drug-likeness (QED) is 0.569. The van der Waals surface area contributed by atoms with Crippen molar-refractivity contribution in [2.24, 2.45) is 0 Å². The average Bonchev–Trinajstić information content (AvgIpc) is 1.94. The number of hydrogen-bond donors (Lipinski definition) is 1. The lowest BCUT2D eigenvalue weighted by atomic mass is 10.4. The molecular weight excluding hydrogens is 214 g/mol. The minimum atomic E-state index is -0.576. The maximum atomic E-state index is 10.2. The minimum absolute atomic E-state index is 0.102. The van der Waals surface area contributed by atoms with E-state index in [0.29, 0.717) is 4.47 Å². The van der Waals surface area contributed by atoms with Crippen LogP contribution in [0, 0.1) is 10.1 Å². The topological polar surface area (TPSA) is 82.0 Å². The number of nitrogen functional groups attached to an aromatic ring is 1. The molecule has 0 spiro atoms. The Balaban J connectivity index is 3.27. The zero-order valence-corrected chi connectivity index (χ0v) is 6.91. The van der Waals surface area contributed by atoms with Gasteiger partial charge in [0, 0.05) is 6.20 Å². The van der Waals surface area contributed by atoms with Gasteiger partial charge in [-0.1, -0.05) is 0 Å². The van der Waals surface area contributed by atoms with Crippen LogP contribution in [0.4, 0.5) is 11.4 Å². The third kappa shape index (κ3) is 1.45. The average molecular weight is 218 g/mol. The summed E-state index contributed by atoms with van der Waals surface area (Å²) in [5.41, 5.74) is 5.28. The van der Waals surface area contributed by atoms with Crippen LogP contribution < -0.4 is 5.73 Å². The normalized spacial score (nSPS) is 9.55. The third-order valence-electron chi connectivity index (χ3n) is 1.11. The van der Waals surface area contributed by atoms with Crippen molar-refractivity contribution in [2.45, 2.75) is 0 Å². The lowest BCUT2D eigenvalue weighted by molar-refractivity contribution is -0.384. The van der Waals surface area contributed by atoms with Crippen molar-refractivity contribution in [2.75, 3.05) is 5.73 Å². The first-order valence-corrected chi connectivity index (χ1v) is 3.45. The van der Waals surface area contributed by atoms with Gasteiger partial charge in [0.1, 0.15) is 11.9 Å². The van der Waals surface area contributed by atoms with E-state index in [0.717, 1.165) is 6.20 Å². The standard InChI is InChI=1S/C5H4BrN3O2/c6-3-1-8-2-4(5(3)7)9(10)11/h1-2H,(H2,7,8). The van der Waals surface area contributed by atoms with Crippen molar-refractivity contribution < 1.29 is 4.92 Å². The molecule has 0 aromatic carbocycles. The van der Waals surface area contributed by atoms with E-state index in [1.807, 2.05) is 0 Å². The molecule has 0 amide bonds. The fraction of sp³-hybridized carbons (Fsp3) is 0. The summed E-state index contributed by atoms with van der Waals surface area (Å²) >= 11 is 3.02. The van der Waals surface area contributed by atoms with E-state index >= 15 is 0 Å². The molecule has 0 fully saturated rings. The highest BCUT2D eigenvalue weighted by Crippen LogP contribution is 2.26. The molecule has 0 aliphatic carbocycles. The summed E-state index contributed by atoms with van der Waals surface area (Å²) in [4.78, 5) is 13.3. The lowest BCUT2D eigenvalue weighted by Gasteiger charge is -1.96. The third-order valence-corrected chi connectivity index (χ3v) is 1.75. The second-order valence-corrected chi connectivity index (χ2v) is 2.67. The Morgan fingerprint density at radius 3 is 2.73 bits per heavy atom. The zero-order valence-electron chi connectivity index (χ0n) is 5.32. The lowest BCUT2D eigenvalue weighted by Crippen LogP contribution is -1.96. The number of rotatable bonds is 1. The van der Waals surface area contributed by atoms with E-state index in [2.05, 4.69) is 20.9 Å². The Morgan fingerprint density at radius 2 is 2.27 bits per heavy atom. The van der Waals surface area contributed by atoms with E-state index in [-0.39, 0.29) is 11.4 Å². The molecule has 11 heavy (non-hydrogen) atoms. The number of nitrogens with two attached hydrogens (primary N) is 1. The molecule has 0 radical (unpaired) electrons. The van der Waals surface area contributed by atoms with Gasteiger partial charge < -0.3 is 5.73 Å². The highest BCUT2D eigenvalue weighted by Gasteiger charge is 2.12. The Morgan fingerprint density at radius 1 is 1.64 bits per heavy atom. The SMILES string of the molecule is Nc1c(Br)cncc1[N+](=O)[O-]. The number of halogens is 1. The number of hydrogen-bond acceptors (Lipinski definition) is 4. The summed E-state index contributed by atoms with van der Waals surface area (Å²) in [5, 5.41) is 10.2. The Bertz CT molecular complexity index is 302. The van der Waals surface area contributed by atoms with Crippen LogP contribution in [0.3, 0.4) is 0 Å². The largest absolute Gasteiger partial charge is 0.392 e. The van der Waals surface area contributed by atoms with Gasteiger partial charge in [-0.25, -0.2) is 0 Å². The van der Waals surface area contributed by atoms with Gasteiger partial charge in [-0.15, -0.1) is 0 Å². The van der Waals surface area contributed by atoms with E-state index in [9.17, 15) is 10.1 Å². The summed E-state index contributed by atoms with van der Waals surface area (Å²) in [6, 6.07) is 0. The van der Waals surface area contributed by atoms with Crippen LogP contribution in [0.15, 0.2) is 16.9 Å². The van der Waals surface area contributed by atoms with E-state index in [4.69, 9.17) is 5.73 Å². The van der Waals surface area contributed by atoms with E-state index in [1.54, 1.807) is 0 Å². The molecule has 0 saturated carbocycles. The molecule has 1 aromatic heterocycles. The number of aromatic nitrogens is 1. The predicted octanol–water partition coefficient (Wildman–Crippen LogP) is 1.33. The van der Waals surface area contributed by atoms with Gasteiger partial charge in [0.2, 0.25) is 0 Å². The first-order valence-electron chi connectivity index (χ1n) is 2.66. The van der Waals surface area contributed by atoms with E-state index < -0.39 is 4.92 Å². The first kappa shape index (κ1) is 7.93. The Labute approximate surface area is 70.5 Å². The molecule has 0 atom stereocenters. The van der Waals surface area contributed by atoms with Crippen molar-refractivity contribution in [1.29, 1.82) is 0 Å². The molecule has 58 valence electrons. The van der Waals surface area contributed by atoms with Gasteiger partial charge in [0.05, 0.1) is 9.40 Å². The van der Waals surface area contributed by atoms with Gasteiger partial charge in [0.15, 0.2) is 0 Å². The number of pyridine rings is 1. The van der Waals surface area contributed by atoms with Crippen LogP contribution in [0.5, 0.6) is 0 Å². The van der Waals surface area contributed by atoms with Crippen LogP contribution in [-0.4, -0.2) is 9.91 Å². The van der Waals surface area contributed by atoms with Crippen molar-refractivity contribution in [3.8, 4) is 0 Å². The van der Waals surface area contributed by atoms with Gasteiger partial charge in [-0.2, -0.15) is 0 Å². The second-order valence-electron chi connectivity index (χ2n) is 1.81. The molecule has 6 heteroatoms. The van der Waals surface area contributed by atoms with Crippen molar-refractivity contribution >= 4 is 27.3 Å². The highest BCUT2D eigenvalue weighted by molar-refractivity contribution is 9.10. The fourth-order valence-corrected chi connectivity index (χ4v) is 0.902. The van der Waals surface area contributed by atoms with Crippen LogP contribution in [0.2, 0.25) is 0 Å². The molecule has 2 N–H and O–H groups in total. The molecule has 0 bridgehead atoms. The van der Waals surface area contributed by atoms with Crippen LogP contribution >= 0.6 is 15.9 Å². The van der Waals surface area contributed by atoms with Crippen molar-refractivity contribution in [3.63, 3.8) is 0 Å². The van der Waals surface area contributed by atoms with E-state index in [1.165, 1.54) is 6.20 Å². The molecule has 1 rings (SSSR count). The molecule has 0 saturated heterocycles. The molecule has 5 nitrogen and oxygen atoms in total. The monoisotopic (exact) mass is 217 g/mol. The summed E-state index contributed by atoms with van der Waals surface area (Å²) in [7, 11) is 0. The molecule has 0 unspecified atom stereocenters. The maximum absolute atomic E-state index is 10.2. The van der Waals surface area contributed by atoms with Crippen LogP contribution in [0.1, 0.15) is 0 Å². The molecule has 0 aliphatic rings. The van der Waals surface area contributed by atoms with Gasteiger partial charge >= 0.3 is 5.69 Å². The zero-order chi connectivity index (χ0) is 8.43. The molecule has 1 aromatic rings. The van der Waals surface area contributed by atoms with Crippen LogP contribution in [0.25, 0.3) is 0 Å². The van der Waals surface area contributed by atoms with Crippen molar-refractivity contribution in [1.82, 2.24) is 4.98 Å². The molecule has 0 aliphatic heterocycles. The Hall–Kier alpha value is -1.17. The van der Waals surface area contributed by atoms with Gasteiger partial charge in [0.25, 0.3) is 0 Å². The summed E-state index contributed by atoms with van der Waals surface area (Å²) in [6.07, 6.45) is 2.52. The maximum Gasteiger partial charge on any atom is 0.311 e. The summed E-state index contributed by atoms with van der Waals surface area (Å²) < 4.78 is 0.437. The number of anilines is 1. The van der Waals surface area contributed by atoms with Gasteiger partial charge in [-0.3, -0.25) is 15.1 Å². The summed E-state index contributed by atoms with van der Waals surface area (Å²) in [6.45, 7) is 0. The summed E-state index contributed by atoms with van der Waals surface area (Å²) in [5.74, 6) is 0. The Kier molecular flexibility index (Phi) is 2.04. The van der Waals surface area contributed by atoms with Crippen LogP contribution in [-0.2, 0) is 0 Å². The van der Waals surface area contributed by atoms with Crippen molar-refractivity contribution in [3.05, 3.63) is 27.0 Å². The minimum Gasteiger partial charge on any atom is -0.392 e. The number of nitro groups is 1. The smallest absolute Gasteiger partial charge is 0.311 e. The first-order chi connectivity index (χ1) is 5.13. The molecular formula is C5H4BrN3O2.